The second kappa shape index (κ2) is 7.05. The fourth-order valence-corrected chi connectivity index (χ4v) is 4.39. The van der Waals surface area contributed by atoms with E-state index in [4.69, 9.17) is 15.5 Å². The van der Waals surface area contributed by atoms with Crippen LogP contribution in [0, 0.1) is 11.8 Å². The first-order valence-corrected chi connectivity index (χ1v) is 10.3. The highest BCUT2D eigenvalue weighted by atomic mass is 16.6. The summed E-state index contributed by atoms with van der Waals surface area (Å²) in [4.78, 5) is 30.5. The molecule has 0 radical (unpaired) electrons. The molecule has 1 aromatic carbocycles. The van der Waals surface area contributed by atoms with Crippen LogP contribution in [0.2, 0.25) is 0 Å². The smallest absolute Gasteiger partial charge is 0.343 e. The number of hydrogen-bond acceptors (Lipinski definition) is 6. The minimum Gasteiger partial charge on any atom is -0.458 e. The molecule has 5 rings (SSSR count). The van der Waals surface area contributed by atoms with Gasteiger partial charge in [-0.2, -0.15) is 0 Å². The molecule has 3 N–H and O–H groups in total. The summed E-state index contributed by atoms with van der Waals surface area (Å²) in [6.07, 6.45) is 0.672. The first-order valence-electron chi connectivity index (χ1n) is 10.3. The van der Waals surface area contributed by atoms with Gasteiger partial charge in [-0.1, -0.05) is 37.0 Å². The molecule has 0 saturated carbocycles. The third kappa shape index (κ3) is 2.73. The van der Waals surface area contributed by atoms with Crippen molar-refractivity contribution in [1.82, 2.24) is 9.55 Å². The number of carbonyl (C=O) groups excluding carboxylic acids is 1. The van der Waals surface area contributed by atoms with Crippen molar-refractivity contribution in [3.8, 4) is 23.2 Å². The molecule has 0 amide bonds. The Balaban J connectivity index is 1.81. The number of nitrogens with zero attached hydrogens (tertiary/aromatic N) is 2. The molecular weight excluding hydrogens is 394 g/mol. The third-order valence-electron chi connectivity index (χ3n) is 6.08. The van der Waals surface area contributed by atoms with E-state index >= 15 is 0 Å². The van der Waals surface area contributed by atoms with Gasteiger partial charge in [-0.25, -0.2) is 9.78 Å². The van der Waals surface area contributed by atoms with Gasteiger partial charge < -0.3 is 20.1 Å². The molecule has 2 aliphatic rings. The predicted octanol–water partition coefficient (Wildman–Crippen LogP) is 1.78. The molecule has 0 saturated heterocycles. The molecule has 1 atom stereocenters. The number of aliphatic hydroxyl groups is 1. The fourth-order valence-electron chi connectivity index (χ4n) is 4.39. The van der Waals surface area contributed by atoms with Crippen molar-refractivity contribution >= 4 is 16.9 Å². The van der Waals surface area contributed by atoms with Crippen LogP contribution in [0.4, 0.5) is 0 Å². The van der Waals surface area contributed by atoms with Crippen molar-refractivity contribution in [3.05, 3.63) is 62.9 Å². The van der Waals surface area contributed by atoms with E-state index in [9.17, 15) is 14.7 Å². The Hall–Kier alpha value is -3.47. The highest BCUT2D eigenvalue weighted by molar-refractivity contribution is 5.91. The van der Waals surface area contributed by atoms with Crippen molar-refractivity contribution in [1.29, 1.82) is 0 Å². The van der Waals surface area contributed by atoms with E-state index in [1.54, 1.807) is 17.6 Å². The monoisotopic (exact) mass is 415 g/mol. The first kappa shape index (κ1) is 19.5. The second-order valence-corrected chi connectivity index (χ2v) is 7.77. The SMILES string of the molecule is CC[C@@]1(O)C(=O)OCc2c1cc1n(c2=O)Cc2c-1nc1ccccc1c2C#CCCN. The fraction of sp³-hybridized carbons (Fsp3) is 0.292. The standard InChI is InChI=1S/C24H21N3O4/c1-2-24(30)18-11-20-21-16(12-27(20)22(28)17(18)13-31-23(24)29)14(7-5-6-10-25)15-8-3-4-9-19(15)26-21/h3-4,8-9,11,30H,2,6,10,12-13,25H2,1H3/t24-/m0/s1. The lowest BCUT2D eigenvalue weighted by Crippen LogP contribution is -2.44. The van der Waals surface area contributed by atoms with E-state index in [1.807, 2.05) is 24.3 Å². The molecule has 2 aliphatic heterocycles. The lowest BCUT2D eigenvalue weighted by Gasteiger charge is -2.31. The Morgan fingerprint density at radius 2 is 2.10 bits per heavy atom. The summed E-state index contributed by atoms with van der Waals surface area (Å²) in [5.41, 5.74) is 7.76. The van der Waals surface area contributed by atoms with Gasteiger partial charge in [-0.3, -0.25) is 4.79 Å². The van der Waals surface area contributed by atoms with Crippen LogP contribution in [0.25, 0.3) is 22.3 Å². The van der Waals surface area contributed by atoms with Crippen molar-refractivity contribution in [2.24, 2.45) is 5.73 Å². The second-order valence-electron chi connectivity index (χ2n) is 7.77. The number of hydrogen-bond donors (Lipinski definition) is 2. The van der Waals surface area contributed by atoms with E-state index in [0.29, 0.717) is 42.0 Å². The Bertz CT molecular complexity index is 1380. The van der Waals surface area contributed by atoms with E-state index in [0.717, 1.165) is 22.0 Å². The number of para-hydroxylation sites is 1. The molecule has 0 unspecified atom stereocenters. The summed E-state index contributed by atoms with van der Waals surface area (Å²) in [7, 11) is 0. The maximum Gasteiger partial charge on any atom is 0.343 e. The van der Waals surface area contributed by atoms with Crippen LogP contribution >= 0.6 is 0 Å². The van der Waals surface area contributed by atoms with Gasteiger partial charge in [-0.05, 0) is 18.6 Å². The summed E-state index contributed by atoms with van der Waals surface area (Å²) < 4.78 is 6.75. The minimum absolute atomic E-state index is 0.107. The number of cyclic esters (lactones) is 1. The number of ether oxygens (including phenoxy) is 1. The van der Waals surface area contributed by atoms with E-state index < -0.39 is 11.6 Å². The van der Waals surface area contributed by atoms with Crippen molar-refractivity contribution in [3.63, 3.8) is 0 Å². The number of aromatic nitrogens is 2. The first-order chi connectivity index (χ1) is 15.0. The molecule has 4 heterocycles. The molecule has 0 aliphatic carbocycles. The number of nitrogens with two attached hydrogens (primary N) is 1. The van der Waals surface area contributed by atoms with Crippen molar-refractivity contribution in [2.75, 3.05) is 6.54 Å². The van der Waals surface area contributed by atoms with Gasteiger partial charge >= 0.3 is 5.97 Å². The molecule has 0 fully saturated rings. The maximum absolute atomic E-state index is 13.3. The molecule has 0 bridgehead atoms. The largest absolute Gasteiger partial charge is 0.458 e. The number of esters is 1. The van der Waals surface area contributed by atoms with Crippen LogP contribution < -0.4 is 11.3 Å². The van der Waals surface area contributed by atoms with Crippen LogP contribution in [0.5, 0.6) is 0 Å². The van der Waals surface area contributed by atoms with Gasteiger partial charge in [0.1, 0.15) is 6.61 Å². The summed E-state index contributed by atoms with van der Waals surface area (Å²) in [5.74, 6) is 5.61. The van der Waals surface area contributed by atoms with Gasteiger partial charge in [0, 0.05) is 35.0 Å². The van der Waals surface area contributed by atoms with Crippen LogP contribution in [-0.2, 0) is 28.3 Å². The molecular formula is C24H21N3O4. The Morgan fingerprint density at radius 3 is 2.87 bits per heavy atom. The van der Waals surface area contributed by atoms with Crippen LogP contribution in [-0.4, -0.2) is 27.2 Å². The summed E-state index contributed by atoms with van der Waals surface area (Å²) in [5, 5.41) is 11.9. The molecule has 7 heteroatoms. The summed E-state index contributed by atoms with van der Waals surface area (Å²) in [6, 6.07) is 9.42. The van der Waals surface area contributed by atoms with Gasteiger partial charge in [0.15, 0.2) is 5.60 Å². The normalized spacial score (nSPS) is 18.6. The Morgan fingerprint density at radius 1 is 1.29 bits per heavy atom. The van der Waals surface area contributed by atoms with E-state index in [-0.39, 0.29) is 18.6 Å². The molecule has 2 aromatic heterocycles. The van der Waals surface area contributed by atoms with Crippen LogP contribution in [0.3, 0.4) is 0 Å². The minimum atomic E-state index is -1.84. The highest BCUT2D eigenvalue weighted by Gasteiger charge is 2.45. The zero-order valence-corrected chi connectivity index (χ0v) is 17.1. The zero-order valence-electron chi connectivity index (χ0n) is 17.1. The van der Waals surface area contributed by atoms with E-state index in [2.05, 4.69) is 11.8 Å². The average Bonchev–Trinajstić information content (AvgIpc) is 3.15. The molecule has 0 spiro atoms. The zero-order chi connectivity index (χ0) is 21.8. The lowest BCUT2D eigenvalue weighted by molar-refractivity contribution is -0.172. The van der Waals surface area contributed by atoms with Crippen LogP contribution in [0.1, 0.15) is 42.0 Å². The Kier molecular flexibility index (Phi) is 4.43. The van der Waals surface area contributed by atoms with Gasteiger partial charge in [-0.15, -0.1) is 0 Å². The third-order valence-corrected chi connectivity index (χ3v) is 6.08. The van der Waals surface area contributed by atoms with Crippen LogP contribution in [0.15, 0.2) is 35.1 Å². The maximum atomic E-state index is 13.3. The highest BCUT2D eigenvalue weighted by Crippen LogP contribution is 2.39. The molecule has 7 nitrogen and oxygen atoms in total. The number of carbonyl (C=O) groups is 1. The molecule has 31 heavy (non-hydrogen) atoms. The van der Waals surface area contributed by atoms with Crippen molar-refractivity contribution < 1.29 is 14.6 Å². The number of pyridine rings is 2. The topological polar surface area (TPSA) is 107 Å². The van der Waals surface area contributed by atoms with E-state index in [1.165, 1.54) is 0 Å². The number of rotatable bonds is 2. The van der Waals surface area contributed by atoms with Gasteiger partial charge in [0.2, 0.25) is 0 Å². The summed E-state index contributed by atoms with van der Waals surface area (Å²) in [6.45, 7) is 2.32. The van der Waals surface area contributed by atoms with Gasteiger partial charge in [0.05, 0.1) is 29.0 Å². The van der Waals surface area contributed by atoms with Crippen molar-refractivity contribution in [2.45, 2.75) is 38.5 Å². The van der Waals surface area contributed by atoms with Gasteiger partial charge in [0.25, 0.3) is 5.56 Å². The number of benzene rings is 1. The molecule has 3 aromatic rings. The lowest BCUT2D eigenvalue weighted by atomic mass is 9.86. The molecule has 156 valence electrons. The Labute approximate surface area is 178 Å². The summed E-state index contributed by atoms with van der Waals surface area (Å²) >= 11 is 0. The predicted molar refractivity (Wildman–Crippen MR) is 115 cm³/mol. The number of fused-ring (bicyclic) bond motifs is 5. The average molecular weight is 415 g/mol. The quantitative estimate of drug-likeness (QED) is 0.382.